The van der Waals surface area contributed by atoms with E-state index in [4.69, 9.17) is 9.47 Å². The number of nitrogens with one attached hydrogen (secondary N) is 1. The normalized spacial score (nSPS) is 11.5. The topological polar surface area (TPSA) is 122 Å². The number of nitrogens with zero attached hydrogens (tertiary/aromatic N) is 2. The van der Waals surface area contributed by atoms with Crippen molar-refractivity contribution in [2.45, 2.75) is 38.8 Å². The predicted octanol–water partition coefficient (Wildman–Crippen LogP) is 2.98. The van der Waals surface area contributed by atoms with Crippen molar-refractivity contribution in [3.63, 3.8) is 0 Å². The van der Waals surface area contributed by atoms with E-state index >= 15 is 0 Å². The molecule has 2 aromatic rings. The van der Waals surface area contributed by atoms with Gasteiger partial charge in [-0.2, -0.15) is 4.90 Å². The van der Waals surface area contributed by atoms with Gasteiger partial charge in [0.05, 0.1) is 18.6 Å². The summed E-state index contributed by atoms with van der Waals surface area (Å²) < 4.78 is 10.2. The number of aromatic nitrogens is 2. The average Bonchev–Trinajstić information content (AvgIpc) is 3.20. The van der Waals surface area contributed by atoms with Crippen molar-refractivity contribution in [1.82, 2.24) is 14.9 Å². The van der Waals surface area contributed by atoms with Crippen LogP contribution in [0.1, 0.15) is 31.0 Å². The van der Waals surface area contributed by atoms with Crippen molar-refractivity contribution in [3.05, 3.63) is 54.1 Å². The van der Waals surface area contributed by atoms with Crippen LogP contribution in [0.4, 0.5) is 9.59 Å². The summed E-state index contributed by atoms with van der Waals surface area (Å²) in [6.07, 6.45) is 1.92. The van der Waals surface area contributed by atoms with Gasteiger partial charge in [-0.1, -0.05) is 43.7 Å². The molecule has 1 heterocycles. The number of hydrogen-bond donors (Lipinski definition) is 2. The van der Waals surface area contributed by atoms with Gasteiger partial charge in [-0.15, -0.1) is 0 Å². The Labute approximate surface area is 162 Å². The summed E-state index contributed by atoms with van der Waals surface area (Å²) in [5.41, 5.74) is 1.09. The van der Waals surface area contributed by atoms with Gasteiger partial charge in [0.2, 0.25) is 0 Å². The fraction of sp³-hybridized carbons (Fsp3) is 0.368. The third-order valence-corrected chi connectivity index (χ3v) is 3.88. The molecule has 2 N–H and O–H groups in total. The Morgan fingerprint density at radius 3 is 2.50 bits per heavy atom. The fourth-order valence-corrected chi connectivity index (χ4v) is 2.38. The lowest BCUT2D eigenvalue weighted by atomic mass is 10.1. The van der Waals surface area contributed by atoms with Gasteiger partial charge < -0.3 is 19.6 Å². The van der Waals surface area contributed by atoms with Gasteiger partial charge >= 0.3 is 18.2 Å². The molecule has 0 aliphatic carbocycles. The summed E-state index contributed by atoms with van der Waals surface area (Å²) in [6.45, 7) is 1.89. The zero-order valence-corrected chi connectivity index (χ0v) is 15.5. The smallest absolute Gasteiger partial charge is 0.420 e. The number of aromatic amines is 1. The highest BCUT2D eigenvalue weighted by Crippen LogP contribution is 2.13. The maximum atomic E-state index is 12.6. The van der Waals surface area contributed by atoms with E-state index in [0.29, 0.717) is 22.6 Å². The number of imidazole rings is 1. The summed E-state index contributed by atoms with van der Waals surface area (Å²) >= 11 is 0. The number of carbonyl (C=O) groups is 3. The number of H-pyrrole nitrogens is 1. The monoisotopic (exact) mass is 389 g/mol. The van der Waals surface area contributed by atoms with E-state index in [-0.39, 0.29) is 19.6 Å². The number of carboxylic acid groups (broad SMARTS) is 1. The van der Waals surface area contributed by atoms with Crippen molar-refractivity contribution in [1.29, 1.82) is 0 Å². The number of carbonyl (C=O) groups excluding carboxylic acids is 2. The Morgan fingerprint density at radius 1 is 1.18 bits per heavy atom. The van der Waals surface area contributed by atoms with Crippen LogP contribution < -0.4 is 0 Å². The predicted molar refractivity (Wildman–Crippen MR) is 98.4 cm³/mol. The lowest BCUT2D eigenvalue weighted by molar-refractivity contribution is -0.142. The van der Waals surface area contributed by atoms with Crippen LogP contribution in [0.25, 0.3) is 0 Å². The fourth-order valence-electron chi connectivity index (χ4n) is 2.38. The third-order valence-electron chi connectivity index (χ3n) is 3.88. The summed E-state index contributed by atoms with van der Waals surface area (Å²) in [4.78, 5) is 44.0. The first kappa shape index (κ1) is 20.9. The van der Waals surface area contributed by atoms with Crippen LogP contribution >= 0.6 is 0 Å². The Morgan fingerprint density at radius 2 is 1.89 bits per heavy atom. The zero-order valence-electron chi connectivity index (χ0n) is 15.5. The Kier molecular flexibility index (Phi) is 8.01. The van der Waals surface area contributed by atoms with Crippen molar-refractivity contribution in [3.8, 4) is 0 Å². The number of amides is 2. The number of ether oxygens (including phenoxy) is 2. The molecule has 0 saturated carbocycles. The highest BCUT2D eigenvalue weighted by molar-refractivity contribution is 5.93. The van der Waals surface area contributed by atoms with Gasteiger partial charge in [-0.3, -0.25) is 0 Å². The van der Waals surface area contributed by atoms with Gasteiger partial charge in [0, 0.05) is 12.6 Å². The quantitative estimate of drug-likeness (QED) is 0.632. The molecule has 9 heteroatoms. The van der Waals surface area contributed by atoms with E-state index in [1.807, 2.05) is 13.0 Å². The van der Waals surface area contributed by atoms with Crippen LogP contribution in [-0.4, -0.2) is 50.8 Å². The first-order valence-corrected chi connectivity index (χ1v) is 8.90. The molecule has 1 aromatic heterocycles. The second-order valence-corrected chi connectivity index (χ2v) is 6.00. The van der Waals surface area contributed by atoms with Crippen molar-refractivity contribution < 1.29 is 29.0 Å². The molecule has 28 heavy (non-hydrogen) atoms. The van der Waals surface area contributed by atoms with Crippen LogP contribution in [0.15, 0.2) is 42.9 Å². The van der Waals surface area contributed by atoms with E-state index in [9.17, 15) is 19.5 Å². The second kappa shape index (κ2) is 10.7. The molecular weight excluding hydrogens is 366 g/mol. The molecule has 0 radical (unpaired) electrons. The van der Waals surface area contributed by atoms with Crippen LogP contribution in [0, 0.1) is 0 Å². The van der Waals surface area contributed by atoms with E-state index < -0.39 is 24.2 Å². The molecule has 2 rings (SSSR count). The Bertz CT molecular complexity index is 763. The van der Waals surface area contributed by atoms with Crippen molar-refractivity contribution in [2.75, 3.05) is 6.61 Å². The largest absolute Gasteiger partial charge is 0.480 e. The summed E-state index contributed by atoms with van der Waals surface area (Å²) in [5, 5.41) is 9.60. The molecule has 9 nitrogen and oxygen atoms in total. The lowest BCUT2D eigenvalue weighted by Crippen LogP contribution is -2.50. The summed E-state index contributed by atoms with van der Waals surface area (Å²) in [6, 6.07) is 7.34. The number of benzene rings is 1. The van der Waals surface area contributed by atoms with E-state index in [1.54, 1.807) is 24.3 Å². The standard InChI is InChI=1S/C19H23N3O6/c1-2-3-9-27-18(25)22(16(17(23)24)10-15-11-20-13-21-15)19(26)28-12-14-7-5-4-6-8-14/h4-8,11,13,16H,2-3,9-10,12H2,1H3,(H,20,21)(H,23,24). The van der Waals surface area contributed by atoms with Crippen LogP contribution in [-0.2, 0) is 27.3 Å². The molecule has 0 aliphatic rings. The van der Waals surface area contributed by atoms with Crippen LogP contribution in [0.3, 0.4) is 0 Å². The SMILES string of the molecule is CCCCOC(=O)N(C(=O)OCc1ccccc1)C(Cc1c[nH]cn1)C(=O)O. The van der Waals surface area contributed by atoms with Crippen LogP contribution in [0.5, 0.6) is 0 Å². The molecule has 1 atom stereocenters. The number of unbranched alkanes of at least 4 members (excludes halogenated alkanes) is 1. The first-order chi connectivity index (χ1) is 13.5. The minimum Gasteiger partial charge on any atom is -0.480 e. The molecular formula is C19H23N3O6. The average molecular weight is 389 g/mol. The van der Waals surface area contributed by atoms with Crippen LogP contribution in [0.2, 0.25) is 0 Å². The number of imide groups is 1. The minimum atomic E-state index is -1.51. The maximum Gasteiger partial charge on any atom is 0.420 e. The van der Waals surface area contributed by atoms with E-state index in [0.717, 1.165) is 6.42 Å². The zero-order chi connectivity index (χ0) is 20.4. The molecule has 0 bridgehead atoms. The van der Waals surface area contributed by atoms with Crippen molar-refractivity contribution in [2.24, 2.45) is 0 Å². The summed E-state index contributed by atoms with van der Waals surface area (Å²) in [7, 11) is 0. The number of carboxylic acids is 1. The van der Waals surface area contributed by atoms with Gasteiger partial charge in [0.25, 0.3) is 0 Å². The molecule has 0 saturated heterocycles. The lowest BCUT2D eigenvalue weighted by Gasteiger charge is -2.25. The number of hydrogen-bond acceptors (Lipinski definition) is 6. The third kappa shape index (κ3) is 6.11. The molecule has 2 amide bonds. The highest BCUT2D eigenvalue weighted by Gasteiger charge is 2.38. The first-order valence-electron chi connectivity index (χ1n) is 8.90. The number of rotatable bonds is 9. The molecule has 0 aliphatic heterocycles. The minimum absolute atomic E-state index is 0.0759. The molecule has 1 unspecified atom stereocenters. The second-order valence-electron chi connectivity index (χ2n) is 6.00. The van der Waals surface area contributed by atoms with Gasteiger partial charge in [0.1, 0.15) is 12.6 Å². The highest BCUT2D eigenvalue weighted by atomic mass is 16.6. The Hall–Kier alpha value is -3.36. The number of aliphatic carboxylic acids is 1. The Balaban J connectivity index is 2.16. The van der Waals surface area contributed by atoms with E-state index in [2.05, 4.69) is 9.97 Å². The molecule has 1 aromatic carbocycles. The maximum absolute atomic E-state index is 12.6. The molecule has 0 fully saturated rings. The molecule has 150 valence electrons. The van der Waals surface area contributed by atoms with Gasteiger partial charge in [0.15, 0.2) is 0 Å². The summed E-state index contributed by atoms with van der Waals surface area (Å²) in [5.74, 6) is -1.37. The van der Waals surface area contributed by atoms with Gasteiger partial charge in [-0.05, 0) is 12.0 Å². The van der Waals surface area contributed by atoms with E-state index in [1.165, 1.54) is 12.5 Å². The molecule has 0 spiro atoms. The van der Waals surface area contributed by atoms with Gasteiger partial charge in [-0.25, -0.2) is 19.4 Å². The van der Waals surface area contributed by atoms with Crippen molar-refractivity contribution >= 4 is 18.2 Å².